The van der Waals surface area contributed by atoms with E-state index in [1.807, 2.05) is 24.3 Å². The molecule has 0 radical (unpaired) electrons. The third-order valence-corrected chi connectivity index (χ3v) is 6.64. The number of morpholine rings is 1. The molecule has 2 aromatic carbocycles. The minimum Gasteiger partial charge on any atom is -0.503 e. The minimum atomic E-state index is -0.472. The highest BCUT2D eigenvalue weighted by atomic mass is 19.1. The summed E-state index contributed by atoms with van der Waals surface area (Å²) in [5.41, 5.74) is 4.49. The van der Waals surface area contributed by atoms with E-state index in [4.69, 9.17) is 4.74 Å². The lowest BCUT2D eigenvalue weighted by molar-refractivity contribution is -0.117. The average molecular weight is 504 g/mol. The Morgan fingerprint density at radius 3 is 2.38 bits per heavy atom. The summed E-state index contributed by atoms with van der Waals surface area (Å²) in [7, 11) is 0. The molecule has 37 heavy (non-hydrogen) atoms. The first-order valence-electron chi connectivity index (χ1n) is 12.8. The summed E-state index contributed by atoms with van der Waals surface area (Å²) in [6.45, 7) is 6.25. The van der Waals surface area contributed by atoms with Gasteiger partial charge in [-0.05, 0) is 42.3 Å². The maximum Gasteiger partial charge on any atom is 0.204 e. The summed E-state index contributed by atoms with van der Waals surface area (Å²) in [6, 6.07) is 16.0. The maximum absolute atomic E-state index is 13.0. The molecule has 7 heteroatoms. The summed E-state index contributed by atoms with van der Waals surface area (Å²) in [5.74, 6) is 5.76. The van der Waals surface area contributed by atoms with Crippen LogP contribution in [0, 0.1) is 11.8 Å². The summed E-state index contributed by atoms with van der Waals surface area (Å²) in [6.07, 6.45) is 2.02. The average Bonchev–Trinajstić information content (AvgIpc) is 2.93. The van der Waals surface area contributed by atoms with Crippen LogP contribution in [0.1, 0.15) is 47.9 Å². The number of carbonyl (C=O) groups excluding carboxylic acids is 1. The first-order chi connectivity index (χ1) is 18.0. The molecule has 2 aliphatic rings. The smallest absolute Gasteiger partial charge is 0.204 e. The number of halogens is 1. The van der Waals surface area contributed by atoms with Crippen molar-refractivity contribution in [3.05, 3.63) is 82.2 Å². The second kappa shape index (κ2) is 13.3. The van der Waals surface area contributed by atoms with Crippen LogP contribution in [-0.2, 0) is 16.1 Å². The molecule has 2 atom stereocenters. The predicted molar refractivity (Wildman–Crippen MR) is 144 cm³/mol. The zero-order valence-corrected chi connectivity index (χ0v) is 21.3. The van der Waals surface area contributed by atoms with Crippen LogP contribution >= 0.6 is 0 Å². The molecule has 1 fully saturated rings. The Balaban J connectivity index is 1.42. The van der Waals surface area contributed by atoms with Crippen LogP contribution < -0.4 is 5.32 Å². The molecule has 2 N–H and O–H groups in total. The topological polar surface area (TPSA) is 74.2 Å². The number of Topliss-reactive ketones (excluding diaryl/α,β-unsaturated/α-hetero) is 1. The maximum atomic E-state index is 13.0. The highest BCUT2D eigenvalue weighted by Gasteiger charge is 2.22. The molecular weight excluding hydrogens is 469 g/mol. The van der Waals surface area contributed by atoms with Crippen molar-refractivity contribution < 1.29 is 19.0 Å². The normalized spacial score (nSPS) is 17.8. The van der Waals surface area contributed by atoms with Gasteiger partial charge in [-0.2, -0.15) is 0 Å². The standard InChI is InChI=1S/C30H34FN3O3/c1-22(19-31)33-20-27(18-28-30(36)29(35)12-13-32-28)26-10-8-24(9-11-26)3-2-23-4-6-25(7-5-23)21-34-14-16-37-17-15-34/h4-11,13,22,27,33,36H,12,14-21H2,1H3/t22-,27?/m1/s1. The number of alkyl halides is 1. The molecule has 0 saturated carbocycles. The molecule has 2 aliphatic heterocycles. The molecule has 0 aromatic heterocycles. The fourth-order valence-electron chi connectivity index (χ4n) is 4.34. The van der Waals surface area contributed by atoms with Gasteiger partial charge in [0.05, 0.1) is 18.9 Å². The Morgan fingerprint density at radius 1 is 1.08 bits per heavy atom. The van der Waals surface area contributed by atoms with Gasteiger partial charge in [0.2, 0.25) is 5.78 Å². The number of ether oxygens (including phenoxy) is 1. The second-order valence-corrected chi connectivity index (χ2v) is 9.56. The quantitative estimate of drug-likeness (QED) is 0.503. The number of allylic oxidation sites excluding steroid dienone is 2. The largest absolute Gasteiger partial charge is 0.503 e. The number of benzene rings is 2. The van der Waals surface area contributed by atoms with Crippen LogP contribution in [0.15, 0.2) is 65.0 Å². The van der Waals surface area contributed by atoms with E-state index in [-0.39, 0.29) is 29.9 Å². The van der Waals surface area contributed by atoms with Gasteiger partial charge in [0.15, 0.2) is 5.76 Å². The lowest BCUT2D eigenvalue weighted by Crippen LogP contribution is -2.35. The number of ketones is 1. The molecule has 194 valence electrons. The van der Waals surface area contributed by atoms with Gasteiger partial charge in [0.25, 0.3) is 0 Å². The predicted octanol–water partition coefficient (Wildman–Crippen LogP) is 4.15. The van der Waals surface area contributed by atoms with Crippen LogP contribution in [0.4, 0.5) is 4.39 Å². The second-order valence-electron chi connectivity index (χ2n) is 9.56. The number of aliphatic hydroxyl groups excluding tert-OH is 1. The van der Waals surface area contributed by atoms with E-state index < -0.39 is 6.67 Å². The molecule has 0 aliphatic carbocycles. The van der Waals surface area contributed by atoms with Gasteiger partial charge in [-0.15, -0.1) is 0 Å². The van der Waals surface area contributed by atoms with E-state index >= 15 is 0 Å². The highest BCUT2D eigenvalue weighted by molar-refractivity contribution is 6.03. The highest BCUT2D eigenvalue weighted by Crippen LogP contribution is 2.27. The SMILES string of the molecule is C[C@H](CF)NCC(CC1=C(O)C(=O)CC=N1)c1ccc(C#Cc2ccc(CN3CCOCC3)cc2)cc1. The Hall–Kier alpha value is -3.31. The fraction of sp³-hybridized carbons (Fsp3) is 0.400. The summed E-state index contributed by atoms with van der Waals surface area (Å²) in [4.78, 5) is 18.5. The summed E-state index contributed by atoms with van der Waals surface area (Å²) in [5, 5.41) is 13.4. The molecule has 2 heterocycles. The van der Waals surface area contributed by atoms with Gasteiger partial charge >= 0.3 is 0 Å². The van der Waals surface area contributed by atoms with Crippen molar-refractivity contribution in [3.8, 4) is 11.8 Å². The first kappa shape index (κ1) is 26.7. The molecule has 1 saturated heterocycles. The molecule has 1 unspecified atom stereocenters. The van der Waals surface area contributed by atoms with Crippen molar-refractivity contribution in [1.82, 2.24) is 10.2 Å². The van der Waals surface area contributed by atoms with Gasteiger partial charge < -0.3 is 15.2 Å². The Labute approximate surface area is 218 Å². The molecule has 2 aromatic rings. The van der Waals surface area contributed by atoms with Crippen molar-refractivity contribution in [2.45, 2.75) is 38.3 Å². The van der Waals surface area contributed by atoms with Gasteiger partial charge in [0.1, 0.15) is 6.67 Å². The number of carbonyl (C=O) groups is 1. The summed E-state index contributed by atoms with van der Waals surface area (Å²) < 4.78 is 18.4. The Kier molecular flexibility index (Phi) is 9.61. The van der Waals surface area contributed by atoms with E-state index in [2.05, 4.69) is 51.3 Å². The molecule has 0 bridgehead atoms. The minimum absolute atomic E-state index is 0.0878. The number of aliphatic imine (C=N–C) groups is 1. The van der Waals surface area contributed by atoms with E-state index in [0.29, 0.717) is 18.7 Å². The van der Waals surface area contributed by atoms with Crippen LogP contribution in [0.5, 0.6) is 0 Å². The number of hydrogen-bond donors (Lipinski definition) is 2. The number of nitrogens with zero attached hydrogens (tertiary/aromatic N) is 2. The van der Waals surface area contributed by atoms with E-state index in [9.17, 15) is 14.3 Å². The lowest BCUT2D eigenvalue weighted by atomic mass is 9.92. The van der Waals surface area contributed by atoms with Crippen molar-refractivity contribution >= 4 is 12.0 Å². The van der Waals surface area contributed by atoms with Crippen LogP contribution in [0.2, 0.25) is 0 Å². The lowest BCUT2D eigenvalue weighted by Gasteiger charge is -2.26. The van der Waals surface area contributed by atoms with E-state index in [0.717, 1.165) is 49.5 Å². The molecule has 4 rings (SSSR count). The van der Waals surface area contributed by atoms with Crippen LogP contribution in [0.3, 0.4) is 0 Å². The Morgan fingerprint density at radius 2 is 1.73 bits per heavy atom. The monoisotopic (exact) mass is 503 g/mol. The first-order valence-corrected chi connectivity index (χ1v) is 12.8. The third kappa shape index (κ3) is 7.83. The Bertz CT molecular complexity index is 1170. The van der Waals surface area contributed by atoms with Crippen molar-refractivity contribution in [1.29, 1.82) is 0 Å². The van der Waals surface area contributed by atoms with Crippen molar-refractivity contribution in [2.75, 3.05) is 39.5 Å². The molecular formula is C30H34FN3O3. The van der Waals surface area contributed by atoms with Crippen LogP contribution in [-0.4, -0.2) is 67.6 Å². The van der Waals surface area contributed by atoms with Crippen molar-refractivity contribution in [2.24, 2.45) is 4.99 Å². The number of hydrogen-bond acceptors (Lipinski definition) is 6. The van der Waals surface area contributed by atoms with Crippen LogP contribution in [0.25, 0.3) is 0 Å². The summed E-state index contributed by atoms with van der Waals surface area (Å²) >= 11 is 0. The van der Waals surface area contributed by atoms with Gasteiger partial charge in [-0.3, -0.25) is 14.7 Å². The van der Waals surface area contributed by atoms with Crippen molar-refractivity contribution in [3.63, 3.8) is 0 Å². The van der Waals surface area contributed by atoms with E-state index in [1.54, 1.807) is 6.92 Å². The zero-order valence-electron chi connectivity index (χ0n) is 21.3. The van der Waals surface area contributed by atoms with Gasteiger partial charge in [0, 0.05) is 68.3 Å². The fourth-order valence-corrected chi connectivity index (χ4v) is 4.34. The molecule has 0 spiro atoms. The molecule has 6 nitrogen and oxygen atoms in total. The number of nitrogens with one attached hydrogen (secondary N) is 1. The number of rotatable bonds is 9. The third-order valence-electron chi connectivity index (χ3n) is 6.64. The zero-order chi connectivity index (χ0) is 26.0. The van der Waals surface area contributed by atoms with Gasteiger partial charge in [-0.1, -0.05) is 36.1 Å². The molecule has 0 amide bonds. The van der Waals surface area contributed by atoms with E-state index in [1.165, 1.54) is 11.8 Å². The van der Waals surface area contributed by atoms with Gasteiger partial charge in [-0.25, -0.2) is 4.39 Å². The number of aliphatic hydroxyl groups is 1.